The first-order chi connectivity index (χ1) is 8.88. The standard InChI is InChI=1S/C14H11N3O/c18-17-8-10-6-11(9-15-7-10)12-2-1-3-14-13(12)4-5-16-14/h1-9,16,18H/b17-8+. The molecule has 0 aliphatic heterocycles. The zero-order valence-corrected chi connectivity index (χ0v) is 9.54. The van der Waals surface area contributed by atoms with E-state index in [1.54, 1.807) is 12.4 Å². The highest BCUT2D eigenvalue weighted by molar-refractivity contribution is 5.95. The molecule has 2 heterocycles. The predicted octanol–water partition coefficient (Wildman–Crippen LogP) is 3.04. The maximum atomic E-state index is 8.56. The highest BCUT2D eigenvalue weighted by Crippen LogP contribution is 2.27. The summed E-state index contributed by atoms with van der Waals surface area (Å²) in [6, 6.07) is 10.1. The lowest BCUT2D eigenvalue weighted by atomic mass is 10.0. The summed E-state index contributed by atoms with van der Waals surface area (Å²) >= 11 is 0. The number of hydrogen-bond donors (Lipinski definition) is 2. The van der Waals surface area contributed by atoms with Gasteiger partial charge in [-0.3, -0.25) is 4.98 Å². The Morgan fingerprint density at radius 2 is 2.17 bits per heavy atom. The summed E-state index contributed by atoms with van der Waals surface area (Å²) < 4.78 is 0. The van der Waals surface area contributed by atoms with E-state index >= 15 is 0 Å². The van der Waals surface area contributed by atoms with Crippen molar-refractivity contribution in [2.45, 2.75) is 0 Å². The molecule has 0 saturated heterocycles. The molecule has 0 aliphatic rings. The van der Waals surface area contributed by atoms with Crippen molar-refractivity contribution in [2.24, 2.45) is 5.16 Å². The number of nitrogens with zero attached hydrogens (tertiary/aromatic N) is 2. The summed E-state index contributed by atoms with van der Waals surface area (Å²) in [6.45, 7) is 0. The molecule has 3 aromatic rings. The van der Waals surface area contributed by atoms with Crippen molar-refractivity contribution >= 4 is 17.1 Å². The molecule has 3 rings (SSSR count). The van der Waals surface area contributed by atoms with E-state index in [9.17, 15) is 0 Å². The highest BCUT2D eigenvalue weighted by atomic mass is 16.4. The molecule has 2 N–H and O–H groups in total. The van der Waals surface area contributed by atoms with Gasteiger partial charge in [0.15, 0.2) is 0 Å². The van der Waals surface area contributed by atoms with Crippen molar-refractivity contribution in [1.29, 1.82) is 0 Å². The largest absolute Gasteiger partial charge is 0.411 e. The van der Waals surface area contributed by atoms with Gasteiger partial charge in [-0.2, -0.15) is 0 Å². The Morgan fingerprint density at radius 1 is 1.22 bits per heavy atom. The number of H-pyrrole nitrogens is 1. The third-order valence-corrected chi connectivity index (χ3v) is 2.87. The number of rotatable bonds is 2. The summed E-state index contributed by atoms with van der Waals surface area (Å²) in [5.74, 6) is 0. The molecular formula is C14H11N3O. The fraction of sp³-hybridized carbons (Fsp3) is 0. The van der Waals surface area contributed by atoms with Gasteiger partial charge in [0, 0.05) is 40.6 Å². The summed E-state index contributed by atoms with van der Waals surface area (Å²) in [4.78, 5) is 7.34. The van der Waals surface area contributed by atoms with Gasteiger partial charge in [0.1, 0.15) is 0 Å². The molecule has 4 heteroatoms. The van der Waals surface area contributed by atoms with Gasteiger partial charge in [-0.15, -0.1) is 0 Å². The zero-order chi connectivity index (χ0) is 12.4. The molecular weight excluding hydrogens is 226 g/mol. The first-order valence-corrected chi connectivity index (χ1v) is 5.57. The van der Waals surface area contributed by atoms with Crippen LogP contribution in [0.4, 0.5) is 0 Å². The molecule has 0 bridgehead atoms. The number of oxime groups is 1. The average Bonchev–Trinajstić information content (AvgIpc) is 2.87. The second-order valence-corrected chi connectivity index (χ2v) is 4.00. The van der Waals surface area contributed by atoms with Crippen molar-refractivity contribution in [2.75, 3.05) is 0 Å². The minimum absolute atomic E-state index is 0.766. The van der Waals surface area contributed by atoms with E-state index in [0.717, 1.165) is 27.6 Å². The highest BCUT2D eigenvalue weighted by Gasteiger charge is 2.05. The Hall–Kier alpha value is -2.62. The zero-order valence-electron chi connectivity index (χ0n) is 9.54. The van der Waals surface area contributed by atoms with Gasteiger partial charge < -0.3 is 10.2 Å². The van der Waals surface area contributed by atoms with Crippen LogP contribution in [0.2, 0.25) is 0 Å². The maximum absolute atomic E-state index is 8.56. The molecule has 4 nitrogen and oxygen atoms in total. The van der Waals surface area contributed by atoms with Gasteiger partial charge in [-0.05, 0) is 23.8 Å². The first kappa shape index (κ1) is 10.5. The Kier molecular flexibility index (Phi) is 2.53. The second kappa shape index (κ2) is 4.33. The van der Waals surface area contributed by atoms with Crippen LogP contribution in [0.5, 0.6) is 0 Å². The summed E-state index contributed by atoms with van der Waals surface area (Å²) in [5.41, 5.74) is 3.96. The van der Waals surface area contributed by atoms with Gasteiger partial charge >= 0.3 is 0 Å². The number of aromatic nitrogens is 2. The molecule has 0 spiro atoms. The topological polar surface area (TPSA) is 61.3 Å². The lowest BCUT2D eigenvalue weighted by Crippen LogP contribution is -1.87. The van der Waals surface area contributed by atoms with E-state index < -0.39 is 0 Å². The SMILES string of the molecule is O/N=C/c1cncc(-c2cccc3[nH]ccc23)c1. The van der Waals surface area contributed by atoms with Crippen molar-refractivity contribution in [3.8, 4) is 11.1 Å². The molecule has 0 radical (unpaired) electrons. The number of benzene rings is 1. The first-order valence-electron chi connectivity index (χ1n) is 5.57. The van der Waals surface area contributed by atoms with Crippen LogP contribution in [-0.2, 0) is 0 Å². The number of hydrogen-bond acceptors (Lipinski definition) is 3. The van der Waals surface area contributed by atoms with Crippen LogP contribution in [-0.4, -0.2) is 21.4 Å². The molecule has 0 amide bonds. The molecule has 0 unspecified atom stereocenters. The maximum Gasteiger partial charge on any atom is 0.0749 e. The Labute approximate surface area is 104 Å². The van der Waals surface area contributed by atoms with Gasteiger partial charge in [-0.1, -0.05) is 17.3 Å². The molecule has 18 heavy (non-hydrogen) atoms. The normalized spacial score (nSPS) is 11.3. The monoisotopic (exact) mass is 237 g/mol. The van der Waals surface area contributed by atoms with Crippen molar-refractivity contribution in [3.05, 3.63) is 54.5 Å². The van der Waals surface area contributed by atoms with Gasteiger partial charge in [0.2, 0.25) is 0 Å². The van der Waals surface area contributed by atoms with E-state index in [-0.39, 0.29) is 0 Å². The minimum atomic E-state index is 0.766. The van der Waals surface area contributed by atoms with E-state index in [1.165, 1.54) is 6.21 Å². The average molecular weight is 237 g/mol. The second-order valence-electron chi connectivity index (χ2n) is 4.00. The molecule has 0 atom stereocenters. The quantitative estimate of drug-likeness (QED) is 0.409. The number of fused-ring (bicyclic) bond motifs is 1. The van der Waals surface area contributed by atoms with E-state index in [4.69, 9.17) is 5.21 Å². The molecule has 1 aromatic carbocycles. The van der Waals surface area contributed by atoms with Crippen molar-refractivity contribution in [3.63, 3.8) is 0 Å². The van der Waals surface area contributed by atoms with Crippen LogP contribution in [0.25, 0.3) is 22.0 Å². The number of pyridine rings is 1. The summed E-state index contributed by atoms with van der Waals surface area (Å²) in [6.07, 6.45) is 6.74. The summed E-state index contributed by atoms with van der Waals surface area (Å²) in [7, 11) is 0. The molecule has 2 aromatic heterocycles. The van der Waals surface area contributed by atoms with Crippen LogP contribution >= 0.6 is 0 Å². The van der Waals surface area contributed by atoms with E-state index in [1.807, 2.05) is 36.5 Å². The van der Waals surface area contributed by atoms with E-state index in [2.05, 4.69) is 15.1 Å². The molecule has 88 valence electrons. The Morgan fingerprint density at radius 3 is 3.06 bits per heavy atom. The van der Waals surface area contributed by atoms with Crippen LogP contribution in [0.1, 0.15) is 5.56 Å². The van der Waals surface area contributed by atoms with Crippen molar-refractivity contribution in [1.82, 2.24) is 9.97 Å². The van der Waals surface area contributed by atoms with Gasteiger partial charge in [0.05, 0.1) is 6.21 Å². The van der Waals surface area contributed by atoms with Crippen LogP contribution < -0.4 is 0 Å². The molecule has 0 aliphatic carbocycles. The lowest BCUT2D eigenvalue weighted by Gasteiger charge is -2.04. The third kappa shape index (κ3) is 1.73. The Balaban J connectivity index is 2.19. The van der Waals surface area contributed by atoms with Crippen molar-refractivity contribution < 1.29 is 5.21 Å². The van der Waals surface area contributed by atoms with Crippen LogP contribution in [0, 0.1) is 0 Å². The van der Waals surface area contributed by atoms with Gasteiger partial charge in [0.25, 0.3) is 0 Å². The smallest absolute Gasteiger partial charge is 0.0749 e. The molecule has 0 fully saturated rings. The number of nitrogens with one attached hydrogen (secondary N) is 1. The number of aromatic amines is 1. The van der Waals surface area contributed by atoms with E-state index in [0.29, 0.717) is 0 Å². The Bertz CT molecular complexity index is 716. The fourth-order valence-corrected chi connectivity index (χ4v) is 2.08. The van der Waals surface area contributed by atoms with Gasteiger partial charge in [-0.25, -0.2) is 0 Å². The van der Waals surface area contributed by atoms with Crippen LogP contribution in [0.3, 0.4) is 0 Å². The third-order valence-electron chi connectivity index (χ3n) is 2.87. The lowest BCUT2D eigenvalue weighted by molar-refractivity contribution is 0.322. The predicted molar refractivity (Wildman–Crippen MR) is 70.9 cm³/mol. The summed E-state index contributed by atoms with van der Waals surface area (Å²) in [5, 5.41) is 12.7. The van der Waals surface area contributed by atoms with Crippen LogP contribution in [0.15, 0.2) is 54.1 Å². The fourth-order valence-electron chi connectivity index (χ4n) is 2.08. The molecule has 0 saturated carbocycles. The minimum Gasteiger partial charge on any atom is -0.411 e.